The smallest absolute Gasteiger partial charge is 0.258 e. The second kappa shape index (κ2) is 9.80. The molecule has 8 heteroatoms. The van der Waals surface area contributed by atoms with Gasteiger partial charge in [0.25, 0.3) is 5.91 Å². The van der Waals surface area contributed by atoms with Crippen LogP contribution in [0.5, 0.6) is 5.75 Å². The number of halogens is 1. The monoisotopic (exact) mass is 424 g/mol. The first-order valence-electron chi connectivity index (χ1n) is 8.94. The average Bonchev–Trinajstić information content (AvgIpc) is 2.65. The lowest BCUT2D eigenvalue weighted by Crippen LogP contribution is -2.35. The molecule has 0 spiro atoms. The maximum Gasteiger partial charge on any atom is 0.258 e. The Morgan fingerprint density at radius 3 is 2.39 bits per heavy atom. The second-order valence-corrected chi connectivity index (χ2v) is 8.83. The van der Waals surface area contributed by atoms with Crippen molar-refractivity contribution in [3.05, 3.63) is 59.1 Å². The number of nitrogens with zero attached hydrogens (tertiary/aromatic N) is 1. The van der Waals surface area contributed by atoms with Crippen molar-refractivity contribution in [2.75, 3.05) is 17.2 Å². The van der Waals surface area contributed by atoms with Crippen molar-refractivity contribution < 1.29 is 17.9 Å². The van der Waals surface area contributed by atoms with Crippen LogP contribution in [0.4, 0.5) is 5.69 Å². The maximum absolute atomic E-state index is 12.3. The molecule has 0 aliphatic rings. The summed E-state index contributed by atoms with van der Waals surface area (Å²) in [5, 5.41) is 3.32. The molecule has 0 aliphatic heterocycles. The normalized spacial score (nSPS) is 12.3. The summed E-state index contributed by atoms with van der Waals surface area (Å²) in [5.41, 5.74) is 1.19. The van der Waals surface area contributed by atoms with E-state index in [0.29, 0.717) is 22.0 Å². The molecule has 6 nitrogen and oxygen atoms in total. The van der Waals surface area contributed by atoms with E-state index in [2.05, 4.69) is 5.32 Å². The highest BCUT2D eigenvalue weighted by molar-refractivity contribution is 7.92. The number of sulfonamides is 1. The second-order valence-electron chi connectivity index (χ2n) is 6.52. The number of carbonyl (C=O) groups excluding carboxylic acids is 1. The molecule has 0 fully saturated rings. The molecular weight excluding hydrogens is 400 g/mol. The molecule has 0 radical (unpaired) electrons. The summed E-state index contributed by atoms with van der Waals surface area (Å²) in [6, 6.07) is 13.7. The van der Waals surface area contributed by atoms with E-state index in [4.69, 9.17) is 16.3 Å². The zero-order valence-electron chi connectivity index (χ0n) is 16.2. The lowest BCUT2D eigenvalue weighted by Gasteiger charge is -2.23. The molecule has 0 unspecified atom stereocenters. The van der Waals surface area contributed by atoms with Crippen molar-refractivity contribution >= 4 is 33.2 Å². The van der Waals surface area contributed by atoms with Crippen molar-refractivity contribution in [2.45, 2.75) is 32.9 Å². The van der Waals surface area contributed by atoms with Gasteiger partial charge in [0.05, 0.1) is 18.5 Å². The average molecular weight is 425 g/mol. The third-order valence-electron chi connectivity index (χ3n) is 4.19. The van der Waals surface area contributed by atoms with Gasteiger partial charge in [-0.1, -0.05) is 36.7 Å². The topological polar surface area (TPSA) is 75.7 Å². The predicted octanol–water partition coefficient (Wildman–Crippen LogP) is 3.60. The Morgan fingerprint density at radius 1 is 1.18 bits per heavy atom. The number of nitrogens with one attached hydrogen (secondary N) is 1. The number of rotatable bonds is 9. The molecule has 2 rings (SSSR count). The first-order chi connectivity index (χ1) is 13.2. The van der Waals surface area contributed by atoms with Gasteiger partial charge in [0, 0.05) is 11.1 Å². The molecule has 0 saturated carbocycles. The Morgan fingerprint density at radius 2 is 1.82 bits per heavy atom. The lowest BCUT2D eigenvalue weighted by molar-refractivity contribution is -0.123. The van der Waals surface area contributed by atoms with E-state index in [-0.39, 0.29) is 25.1 Å². The highest BCUT2D eigenvalue weighted by Gasteiger charge is 2.19. The summed E-state index contributed by atoms with van der Waals surface area (Å²) in [5.74, 6) is 0.282. The SMILES string of the molecule is CC[C@@H](C)NC(=O)COc1ccc(N(Cc2ccccc2Cl)S(C)(=O)=O)cc1. The quantitative estimate of drug-likeness (QED) is 0.667. The minimum atomic E-state index is -3.52. The first-order valence-corrected chi connectivity index (χ1v) is 11.2. The van der Waals surface area contributed by atoms with Gasteiger partial charge >= 0.3 is 0 Å². The molecule has 2 aromatic rings. The third-order valence-corrected chi connectivity index (χ3v) is 5.70. The number of hydrogen-bond donors (Lipinski definition) is 1. The number of amides is 1. The molecule has 0 heterocycles. The van der Waals surface area contributed by atoms with Crippen molar-refractivity contribution in [1.29, 1.82) is 0 Å². The van der Waals surface area contributed by atoms with Crippen LogP contribution >= 0.6 is 11.6 Å². The Kier molecular flexibility index (Phi) is 7.71. The highest BCUT2D eigenvalue weighted by atomic mass is 35.5. The van der Waals surface area contributed by atoms with Gasteiger partial charge in [-0.15, -0.1) is 0 Å². The van der Waals surface area contributed by atoms with Crippen molar-refractivity contribution in [1.82, 2.24) is 5.32 Å². The number of hydrogen-bond acceptors (Lipinski definition) is 4. The van der Waals surface area contributed by atoms with Crippen molar-refractivity contribution in [3.63, 3.8) is 0 Å². The lowest BCUT2D eigenvalue weighted by atomic mass is 10.2. The van der Waals surface area contributed by atoms with Gasteiger partial charge in [-0.2, -0.15) is 0 Å². The summed E-state index contributed by atoms with van der Waals surface area (Å²) in [6.45, 7) is 3.93. The number of benzene rings is 2. The molecule has 0 saturated heterocycles. The van der Waals surface area contributed by atoms with Crippen LogP contribution in [0.25, 0.3) is 0 Å². The van der Waals surface area contributed by atoms with Gasteiger partial charge in [0.2, 0.25) is 10.0 Å². The Bertz CT molecular complexity index is 901. The van der Waals surface area contributed by atoms with Crippen LogP contribution in [0.1, 0.15) is 25.8 Å². The van der Waals surface area contributed by atoms with E-state index >= 15 is 0 Å². The van der Waals surface area contributed by atoms with Crippen LogP contribution in [-0.4, -0.2) is 33.2 Å². The summed E-state index contributed by atoms with van der Waals surface area (Å²) >= 11 is 6.17. The van der Waals surface area contributed by atoms with Crippen LogP contribution in [0.15, 0.2) is 48.5 Å². The van der Waals surface area contributed by atoms with Crippen LogP contribution in [0.3, 0.4) is 0 Å². The summed E-state index contributed by atoms with van der Waals surface area (Å²) < 4.78 is 31.3. The van der Waals surface area contributed by atoms with E-state index in [1.165, 1.54) is 4.31 Å². The minimum absolute atomic E-state index is 0.0894. The third kappa shape index (κ3) is 6.42. The number of anilines is 1. The zero-order valence-corrected chi connectivity index (χ0v) is 17.8. The number of carbonyl (C=O) groups is 1. The van der Waals surface area contributed by atoms with Gasteiger partial charge in [-0.3, -0.25) is 9.10 Å². The van der Waals surface area contributed by atoms with Gasteiger partial charge in [-0.25, -0.2) is 8.42 Å². The van der Waals surface area contributed by atoms with Gasteiger partial charge < -0.3 is 10.1 Å². The van der Waals surface area contributed by atoms with Gasteiger partial charge in [-0.05, 0) is 49.2 Å². The summed E-state index contributed by atoms with van der Waals surface area (Å²) in [6.07, 6.45) is 1.99. The predicted molar refractivity (Wildman–Crippen MR) is 112 cm³/mol. The minimum Gasteiger partial charge on any atom is -0.484 e. The molecule has 0 bridgehead atoms. The molecule has 152 valence electrons. The van der Waals surface area contributed by atoms with Crippen LogP contribution < -0.4 is 14.4 Å². The number of ether oxygens (including phenoxy) is 1. The summed E-state index contributed by atoms with van der Waals surface area (Å²) in [4.78, 5) is 11.8. The Balaban J connectivity index is 2.10. The standard InChI is InChI=1S/C20H25ClN2O4S/c1-4-15(2)22-20(24)14-27-18-11-9-17(10-12-18)23(28(3,25)26)13-16-7-5-6-8-19(16)21/h5-12,15H,4,13-14H2,1-3H3,(H,22,24)/t15-/m1/s1. The van der Waals surface area contributed by atoms with E-state index in [1.54, 1.807) is 42.5 Å². The molecule has 0 aliphatic carbocycles. The van der Waals surface area contributed by atoms with Crippen LogP contribution in [-0.2, 0) is 21.4 Å². The van der Waals surface area contributed by atoms with E-state index in [0.717, 1.165) is 12.7 Å². The molecule has 1 N–H and O–H groups in total. The fourth-order valence-electron chi connectivity index (χ4n) is 2.46. The van der Waals surface area contributed by atoms with E-state index in [9.17, 15) is 13.2 Å². The molecule has 28 heavy (non-hydrogen) atoms. The van der Waals surface area contributed by atoms with Crippen molar-refractivity contribution in [3.8, 4) is 5.75 Å². The fraction of sp³-hybridized carbons (Fsp3) is 0.350. The van der Waals surface area contributed by atoms with E-state index < -0.39 is 10.0 Å². The Labute approximate surface area is 171 Å². The van der Waals surface area contributed by atoms with Gasteiger partial charge in [0.15, 0.2) is 6.61 Å². The first kappa shape index (κ1) is 22.0. The fourth-order valence-corrected chi connectivity index (χ4v) is 3.53. The molecule has 0 aromatic heterocycles. The Hall–Kier alpha value is -2.25. The van der Waals surface area contributed by atoms with E-state index in [1.807, 2.05) is 19.9 Å². The molecular formula is C20H25ClN2O4S. The van der Waals surface area contributed by atoms with Crippen molar-refractivity contribution in [2.24, 2.45) is 0 Å². The van der Waals surface area contributed by atoms with Crippen LogP contribution in [0.2, 0.25) is 5.02 Å². The largest absolute Gasteiger partial charge is 0.484 e. The highest BCUT2D eigenvalue weighted by Crippen LogP contribution is 2.26. The molecule has 2 aromatic carbocycles. The zero-order chi connectivity index (χ0) is 20.7. The van der Waals surface area contributed by atoms with Crippen LogP contribution in [0, 0.1) is 0 Å². The molecule has 1 amide bonds. The van der Waals surface area contributed by atoms with Gasteiger partial charge in [0.1, 0.15) is 5.75 Å². The maximum atomic E-state index is 12.3. The molecule has 1 atom stereocenters. The summed E-state index contributed by atoms with van der Waals surface area (Å²) in [7, 11) is -3.52.